The fraction of sp³-hybridized carbons (Fsp3) is 0.923. The highest BCUT2D eigenvalue weighted by atomic mass is 16.1. The van der Waals surface area contributed by atoms with E-state index in [1.807, 2.05) is 0 Å². The van der Waals surface area contributed by atoms with Crippen LogP contribution in [-0.4, -0.2) is 43.4 Å². The van der Waals surface area contributed by atoms with Gasteiger partial charge in [0.1, 0.15) is 5.78 Å². The number of nitrogens with one attached hydrogen (secondary N) is 1. The predicted molar refractivity (Wildman–Crippen MR) is 69.8 cm³/mol. The molecule has 16 heavy (non-hydrogen) atoms. The normalized spacial score (nSPS) is 11.0. The summed E-state index contributed by atoms with van der Waals surface area (Å²) in [4.78, 5) is 13.3. The SMILES string of the molecule is CCCNCCCN(CCC)CCC(C)=O. The second-order valence-corrected chi connectivity index (χ2v) is 4.40. The summed E-state index contributed by atoms with van der Waals surface area (Å²) in [6.45, 7) is 11.4. The molecule has 0 aliphatic carbocycles. The first-order valence-corrected chi connectivity index (χ1v) is 6.63. The standard InChI is InChI=1S/C13H28N2O/c1-4-8-14-9-6-11-15(10-5-2)12-7-13(3)16/h14H,4-12H2,1-3H3. The molecular weight excluding hydrogens is 200 g/mol. The van der Waals surface area contributed by atoms with E-state index in [-0.39, 0.29) is 0 Å². The van der Waals surface area contributed by atoms with Crippen molar-refractivity contribution in [1.29, 1.82) is 0 Å². The Hall–Kier alpha value is -0.410. The van der Waals surface area contributed by atoms with Crippen LogP contribution in [0.4, 0.5) is 0 Å². The Morgan fingerprint density at radius 2 is 1.81 bits per heavy atom. The molecule has 0 heterocycles. The van der Waals surface area contributed by atoms with Crippen molar-refractivity contribution in [1.82, 2.24) is 10.2 Å². The quantitative estimate of drug-likeness (QED) is 0.549. The van der Waals surface area contributed by atoms with Gasteiger partial charge in [-0.25, -0.2) is 0 Å². The number of carbonyl (C=O) groups is 1. The third-order valence-corrected chi connectivity index (χ3v) is 2.57. The molecule has 0 saturated heterocycles. The molecule has 0 aromatic carbocycles. The monoisotopic (exact) mass is 228 g/mol. The molecule has 0 unspecified atom stereocenters. The Morgan fingerprint density at radius 3 is 2.38 bits per heavy atom. The van der Waals surface area contributed by atoms with E-state index in [1.54, 1.807) is 6.92 Å². The van der Waals surface area contributed by atoms with Gasteiger partial charge in [-0.3, -0.25) is 4.79 Å². The molecule has 0 aliphatic heterocycles. The molecule has 3 nitrogen and oxygen atoms in total. The largest absolute Gasteiger partial charge is 0.317 e. The van der Waals surface area contributed by atoms with Crippen molar-refractivity contribution in [2.45, 2.75) is 46.5 Å². The van der Waals surface area contributed by atoms with Gasteiger partial charge in [-0.15, -0.1) is 0 Å². The first kappa shape index (κ1) is 15.6. The third kappa shape index (κ3) is 10.1. The predicted octanol–water partition coefficient (Wildman–Crippen LogP) is 2.07. The van der Waals surface area contributed by atoms with Crippen LogP contribution in [-0.2, 0) is 4.79 Å². The molecule has 0 aromatic heterocycles. The van der Waals surface area contributed by atoms with Gasteiger partial charge in [-0.2, -0.15) is 0 Å². The number of carbonyl (C=O) groups excluding carboxylic acids is 1. The second-order valence-electron chi connectivity index (χ2n) is 4.40. The molecule has 3 heteroatoms. The maximum atomic E-state index is 10.9. The minimum absolute atomic E-state index is 0.296. The zero-order chi connectivity index (χ0) is 12.2. The highest BCUT2D eigenvalue weighted by Crippen LogP contribution is 1.96. The Balaban J connectivity index is 3.55. The number of rotatable bonds is 11. The average molecular weight is 228 g/mol. The number of Topliss-reactive ketones (excluding diaryl/α,β-unsaturated/α-hetero) is 1. The summed E-state index contributed by atoms with van der Waals surface area (Å²) in [6.07, 6.45) is 4.24. The van der Waals surface area contributed by atoms with Gasteiger partial charge in [0, 0.05) is 13.0 Å². The number of ketones is 1. The van der Waals surface area contributed by atoms with Crippen molar-refractivity contribution < 1.29 is 4.79 Å². The molecule has 0 fully saturated rings. The van der Waals surface area contributed by atoms with Crippen molar-refractivity contribution in [2.75, 3.05) is 32.7 Å². The summed E-state index contributed by atoms with van der Waals surface area (Å²) in [6, 6.07) is 0. The molecule has 96 valence electrons. The van der Waals surface area contributed by atoms with E-state index < -0.39 is 0 Å². The zero-order valence-corrected chi connectivity index (χ0v) is 11.2. The highest BCUT2D eigenvalue weighted by Gasteiger charge is 2.04. The lowest BCUT2D eigenvalue weighted by molar-refractivity contribution is -0.117. The second kappa shape index (κ2) is 11.1. The van der Waals surface area contributed by atoms with Crippen molar-refractivity contribution in [3.05, 3.63) is 0 Å². The van der Waals surface area contributed by atoms with Crippen LogP contribution < -0.4 is 5.32 Å². The molecule has 0 atom stereocenters. The smallest absolute Gasteiger partial charge is 0.131 e. The molecule has 0 amide bonds. The highest BCUT2D eigenvalue weighted by molar-refractivity contribution is 5.75. The van der Waals surface area contributed by atoms with Crippen LogP contribution in [0.15, 0.2) is 0 Å². The third-order valence-electron chi connectivity index (χ3n) is 2.57. The lowest BCUT2D eigenvalue weighted by atomic mass is 10.2. The molecule has 0 bridgehead atoms. The Labute approximate surface area is 101 Å². The van der Waals surface area contributed by atoms with E-state index in [0.29, 0.717) is 12.2 Å². The van der Waals surface area contributed by atoms with E-state index >= 15 is 0 Å². The van der Waals surface area contributed by atoms with Crippen molar-refractivity contribution in [3.8, 4) is 0 Å². The zero-order valence-electron chi connectivity index (χ0n) is 11.2. The molecule has 1 N–H and O–H groups in total. The van der Waals surface area contributed by atoms with Crippen LogP contribution in [0.1, 0.15) is 46.5 Å². The Bertz CT molecular complexity index is 171. The molecule has 0 radical (unpaired) electrons. The van der Waals surface area contributed by atoms with Gasteiger partial charge in [0.05, 0.1) is 0 Å². The fourth-order valence-electron chi connectivity index (χ4n) is 1.70. The summed E-state index contributed by atoms with van der Waals surface area (Å²) in [7, 11) is 0. The number of hydrogen-bond acceptors (Lipinski definition) is 3. The first-order valence-electron chi connectivity index (χ1n) is 6.63. The van der Waals surface area contributed by atoms with Crippen LogP contribution in [0, 0.1) is 0 Å². The fourth-order valence-corrected chi connectivity index (χ4v) is 1.70. The van der Waals surface area contributed by atoms with Gasteiger partial charge >= 0.3 is 0 Å². The summed E-state index contributed by atoms with van der Waals surface area (Å²) in [5.41, 5.74) is 0. The van der Waals surface area contributed by atoms with Crippen LogP contribution in [0.25, 0.3) is 0 Å². The first-order chi connectivity index (χ1) is 7.70. The molecule has 0 aromatic rings. The molecular formula is C13H28N2O. The van der Waals surface area contributed by atoms with E-state index in [9.17, 15) is 4.79 Å². The lowest BCUT2D eigenvalue weighted by Crippen LogP contribution is -2.30. The number of nitrogens with zero attached hydrogens (tertiary/aromatic N) is 1. The summed E-state index contributed by atoms with van der Waals surface area (Å²) < 4.78 is 0. The van der Waals surface area contributed by atoms with Gasteiger partial charge in [0.15, 0.2) is 0 Å². The van der Waals surface area contributed by atoms with Crippen molar-refractivity contribution in [2.24, 2.45) is 0 Å². The minimum Gasteiger partial charge on any atom is -0.317 e. The molecule has 0 aliphatic rings. The van der Waals surface area contributed by atoms with E-state index in [4.69, 9.17) is 0 Å². The Morgan fingerprint density at radius 1 is 1.06 bits per heavy atom. The van der Waals surface area contributed by atoms with Gasteiger partial charge < -0.3 is 10.2 Å². The summed E-state index contributed by atoms with van der Waals surface area (Å²) >= 11 is 0. The van der Waals surface area contributed by atoms with Crippen LogP contribution in [0.5, 0.6) is 0 Å². The van der Waals surface area contributed by atoms with Crippen LogP contribution in [0.3, 0.4) is 0 Å². The van der Waals surface area contributed by atoms with Crippen LogP contribution in [0.2, 0.25) is 0 Å². The maximum Gasteiger partial charge on any atom is 0.131 e. The van der Waals surface area contributed by atoms with Crippen molar-refractivity contribution >= 4 is 5.78 Å². The van der Waals surface area contributed by atoms with Crippen LogP contribution >= 0.6 is 0 Å². The molecule has 0 rings (SSSR count). The maximum absolute atomic E-state index is 10.9. The van der Waals surface area contributed by atoms with Gasteiger partial charge in [0.2, 0.25) is 0 Å². The van der Waals surface area contributed by atoms with E-state index in [1.165, 1.54) is 19.3 Å². The Kier molecular flexibility index (Phi) is 10.8. The van der Waals surface area contributed by atoms with Gasteiger partial charge in [0.25, 0.3) is 0 Å². The molecule has 0 spiro atoms. The summed E-state index contributed by atoms with van der Waals surface area (Å²) in [5, 5.41) is 3.40. The van der Waals surface area contributed by atoms with E-state index in [2.05, 4.69) is 24.1 Å². The lowest BCUT2D eigenvalue weighted by Gasteiger charge is -2.21. The summed E-state index contributed by atoms with van der Waals surface area (Å²) in [5.74, 6) is 0.296. The average Bonchev–Trinajstić information content (AvgIpc) is 2.25. The van der Waals surface area contributed by atoms with Gasteiger partial charge in [-0.1, -0.05) is 13.8 Å². The van der Waals surface area contributed by atoms with Crippen molar-refractivity contribution in [3.63, 3.8) is 0 Å². The molecule has 0 saturated carbocycles. The topological polar surface area (TPSA) is 32.3 Å². The number of hydrogen-bond donors (Lipinski definition) is 1. The minimum atomic E-state index is 0.296. The van der Waals surface area contributed by atoms with E-state index in [0.717, 1.165) is 32.7 Å². The van der Waals surface area contributed by atoms with Gasteiger partial charge in [-0.05, 0) is 52.4 Å².